The van der Waals surface area contributed by atoms with Gasteiger partial charge in [-0.25, -0.2) is 4.79 Å². The SMILES string of the molecule is C=CCC(=O)NC(CC(C)C)C(=O)OC. The maximum absolute atomic E-state index is 11.3. The number of ether oxygens (including phenoxy) is 1. The quantitative estimate of drug-likeness (QED) is 0.534. The monoisotopic (exact) mass is 213 g/mol. The minimum atomic E-state index is -0.553. The molecule has 0 radical (unpaired) electrons. The van der Waals surface area contributed by atoms with E-state index in [4.69, 9.17) is 0 Å². The molecule has 0 bridgehead atoms. The molecule has 1 N–H and O–H groups in total. The average Bonchev–Trinajstić information content (AvgIpc) is 2.15. The van der Waals surface area contributed by atoms with Gasteiger partial charge in [0.2, 0.25) is 5.91 Å². The van der Waals surface area contributed by atoms with Crippen molar-refractivity contribution in [1.82, 2.24) is 5.32 Å². The number of methoxy groups -OCH3 is 1. The van der Waals surface area contributed by atoms with E-state index >= 15 is 0 Å². The second-order valence-electron chi connectivity index (χ2n) is 3.77. The number of nitrogens with one attached hydrogen (secondary N) is 1. The molecule has 0 aliphatic rings. The first-order chi connectivity index (χ1) is 7.01. The molecule has 1 atom stereocenters. The number of hydrogen-bond acceptors (Lipinski definition) is 3. The van der Waals surface area contributed by atoms with Crippen molar-refractivity contribution >= 4 is 11.9 Å². The van der Waals surface area contributed by atoms with Crippen molar-refractivity contribution in [3.05, 3.63) is 12.7 Å². The molecule has 86 valence electrons. The molecule has 0 aromatic carbocycles. The maximum atomic E-state index is 11.3. The van der Waals surface area contributed by atoms with Crippen LogP contribution in [0.25, 0.3) is 0 Å². The predicted molar refractivity (Wildman–Crippen MR) is 58.2 cm³/mol. The highest BCUT2D eigenvalue weighted by atomic mass is 16.5. The highest BCUT2D eigenvalue weighted by Gasteiger charge is 2.21. The molecule has 1 unspecified atom stereocenters. The van der Waals surface area contributed by atoms with E-state index < -0.39 is 12.0 Å². The van der Waals surface area contributed by atoms with E-state index in [1.165, 1.54) is 13.2 Å². The first-order valence-corrected chi connectivity index (χ1v) is 4.99. The van der Waals surface area contributed by atoms with Crippen LogP contribution in [0.1, 0.15) is 26.7 Å². The first kappa shape index (κ1) is 13.7. The van der Waals surface area contributed by atoms with E-state index in [1.54, 1.807) is 0 Å². The van der Waals surface area contributed by atoms with Crippen LogP contribution in [0.4, 0.5) is 0 Å². The molecule has 0 fully saturated rings. The third-order valence-electron chi connectivity index (χ3n) is 1.86. The van der Waals surface area contributed by atoms with E-state index in [1.807, 2.05) is 13.8 Å². The van der Waals surface area contributed by atoms with Crippen molar-refractivity contribution in [2.75, 3.05) is 7.11 Å². The van der Waals surface area contributed by atoms with Crippen LogP contribution >= 0.6 is 0 Å². The number of amides is 1. The normalized spacial score (nSPS) is 12.0. The van der Waals surface area contributed by atoms with Crippen molar-refractivity contribution in [3.8, 4) is 0 Å². The van der Waals surface area contributed by atoms with Crippen LogP contribution in [0.3, 0.4) is 0 Å². The zero-order valence-corrected chi connectivity index (χ0v) is 9.58. The van der Waals surface area contributed by atoms with E-state index in [9.17, 15) is 9.59 Å². The van der Waals surface area contributed by atoms with Gasteiger partial charge >= 0.3 is 5.97 Å². The molecule has 4 nitrogen and oxygen atoms in total. The Morgan fingerprint density at radius 1 is 1.47 bits per heavy atom. The van der Waals surface area contributed by atoms with Gasteiger partial charge in [-0.15, -0.1) is 6.58 Å². The van der Waals surface area contributed by atoms with Crippen molar-refractivity contribution in [3.63, 3.8) is 0 Å². The Kier molecular flexibility index (Phi) is 6.42. The van der Waals surface area contributed by atoms with Crippen LogP contribution in [0.5, 0.6) is 0 Å². The molecular weight excluding hydrogens is 194 g/mol. The summed E-state index contributed by atoms with van der Waals surface area (Å²) in [5, 5.41) is 2.62. The number of rotatable bonds is 6. The fourth-order valence-corrected chi connectivity index (χ4v) is 1.21. The lowest BCUT2D eigenvalue weighted by Crippen LogP contribution is -2.42. The van der Waals surface area contributed by atoms with Crippen molar-refractivity contribution in [2.45, 2.75) is 32.7 Å². The molecule has 1 amide bonds. The lowest BCUT2D eigenvalue weighted by atomic mass is 10.0. The molecule has 0 aromatic rings. The molecule has 0 aliphatic carbocycles. The van der Waals surface area contributed by atoms with Gasteiger partial charge in [0, 0.05) is 6.42 Å². The lowest BCUT2D eigenvalue weighted by Gasteiger charge is -2.17. The van der Waals surface area contributed by atoms with E-state index in [0.29, 0.717) is 12.3 Å². The van der Waals surface area contributed by atoms with Gasteiger partial charge in [-0.3, -0.25) is 4.79 Å². The summed E-state index contributed by atoms with van der Waals surface area (Å²) in [7, 11) is 1.31. The predicted octanol–water partition coefficient (Wildman–Crippen LogP) is 1.27. The summed E-state index contributed by atoms with van der Waals surface area (Å²) in [6.45, 7) is 7.42. The third kappa shape index (κ3) is 5.88. The highest BCUT2D eigenvalue weighted by molar-refractivity contribution is 5.85. The van der Waals surface area contributed by atoms with E-state index in [2.05, 4.69) is 16.6 Å². The maximum Gasteiger partial charge on any atom is 0.328 e. The fraction of sp³-hybridized carbons (Fsp3) is 0.636. The molecule has 0 rings (SSSR count). The van der Waals surface area contributed by atoms with Crippen molar-refractivity contribution < 1.29 is 14.3 Å². The van der Waals surface area contributed by atoms with Gasteiger partial charge in [-0.05, 0) is 12.3 Å². The van der Waals surface area contributed by atoms with Crippen LogP contribution in [-0.4, -0.2) is 25.0 Å². The molecule has 0 aliphatic heterocycles. The Morgan fingerprint density at radius 2 is 2.07 bits per heavy atom. The van der Waals surface area contributed by atoms with Gasteiger partial charge in [0.1, 0.15) is 6.04 Å². The number of esters is 1. The second kappa shape index (κ2) is 7.04. The van der Waals surface area contributed by atoms with Gasteiger partial charge in [0.15, 0.2) is 0 Å². The topological polar surface area (TPSA) is 55.4 Å². The molecule has 15 heavy (non-hydrogen) atoms. The summed E-state index contributed by atoms with van der Waals surface area (Å²) in [6.07, 6.45) is 2.29. The summed E-state index contributed by atoms with van der Waals surface area (Å²) in [4.78, 5) is 22.6. The average molecular weight is 213 g/mol. The number of carbonyl (C=O) groups excluding carboxylic acids is 2. The van der Waals surface area contributed by atoms with Gasteiger partial charge in [0.25, 0.3) is 0 Å². The molecule has 0 saturated heterocycles. The molecule has 0 aromatic heterocycles. The molecule has 0 heterocycles. The van der Waals surface area contributed by atoms with Gasteiger partial charge in [-0.2, -0.15) is 0 Å². The summed E-state index contributed by atoms with van der Waals surface area (Å²) >= 11 is 0. The van der Waals surface area contributed by atoms with Crippen LogP contribution in [0, 0.1) is 5.92 Å². The summed E-state index contributed by atoms with van der Waals surface area (Å²) in [5.74, 6) is -0.291. The standard InChI is InChI=1S/C11H19NO3/c1-5-6-10(13)12-9(7-8(2)3)11(14)15-4/h5,8-9H,1,6-7H2,2-4H3,(H,12,13). The highest BCUT2D eigenvalue weighted by Crippen LogP contribution is 2.06. The Hall–Kier alpha value is -1.32. The van der Waals surface area contributed by atoms with Gasteiger partial charge < -0.3 is 10.1 Å². The van der Waals surface area contributed by atoms with E-state index in [0.717, 1.165) is 0 Å². The van der Waals surface area contributed by atoms with Crippen molar-refractivity contribution in [1.29, 1.82) is 0 Å². The Labute approximate surface area is 90.7 Å². The van der Waals surface area contributed by atoms with Crippen LogP contribution < -0.4 is 5.32 Å². The van der Waals surface area contributed by atoms with Crippen LogP contribution in [0.15, 0.2) is 12.7 Å². The third-order valence-corrected chi connectivity index (χ3v) is 1.86. The number of hydrogen-bond donors (Lipinski definition) is 1. The van der Waals surface area contributed by atoms with Gasteiger partial charge in [-0.1, -0.05) is 19.9 Å². The van der Waals surface area contributed by atoms with Gasteiger partial charge in [0.05, 0.1) is 7.11 Å². The zero-order chi connectivity index (χ0) is 11.8. The summed E-state index contributed by atoms with van der Waals surface area (Å²) in [5.41, 5.74) is 0. The molecule has 4 heteroatoms. The molecule has 0 spiro atoms. The van der Waals surface area contributed by atoms with Crippen LogP contribution in [-0.2, 0) is 14.3 Å². The largest absolute Gasteiger partial charge is 0.467 e. The lowest BCUT2D eigenvalue weighted by molar-refractivity contribution is -0.145. The minimum Gasteiger partial charge on any atom is -0.467 e. The fourth-order valence-electron chi connectivity index (χ4n) is 1.21. The van der Waals surface area contributed by atoms with E-state index in [-0.39, 0.29) is 12.3 Å². The second-order valence-corrected chi connectivity index (χ2v) is 3.77. The summed E-state index contributed by atoms with van der Waals surface area (Å²) < 4.78 is 4.61. The Balaban J connectivity index is 4.29. The Bertz CT molecular complexity index is 236. The molecular formula is C11H19NO3. The zero-order valence-electron chi connectivity index (χ0n) is 9.58. The number of carbonyl (C=O) groups is 2. The smallest absolute Gasteiger partial charge is 0.328 e. The first-order valence-electron chi connectivity index (χ1n) is 4.99. The minimum absolute atomic E-state index is 0.207. The van der Waals surface area contributed by atoms with Crippen molar-refractivity contribution in [2.24, 2.45) is 5.92 Å². The molecule has 0 saturated carbocycles. The van der Waals surface area contributed by atoms with Crippen LogP contribution in [0.2, 0.25) is 0 Å². The Morgan fingerprint density at radius 3 is 2.47 bits per heavy atom. The summed E-state index contributed by atoms with van der Waals surface area (Å²) in [6, 6.07) is -0.553.